The van der Waals surface area contributed by atoms with Gasteiger partial charge in [-0.15, -0.1) is 0 Å². The van der Waals surface area contributed by atoms with Crippen molar-refractivity contribution in [1.29, 1.82) is 0 Å². The molecule has 0 unspecified atom stereocenters. The number of sulfonamides is 1. The zero-order valence-electron chi connectivity index (χ0n) is 9.89. The molecular formula is C10H15N3O4S. The molecule has 0 atom stereocenters. The first-order valence-electron chi connectivity index (χ1n) is 5.31. The molecular weight excluding hydrogens is 258 g/mol. The van der Waals surface area contributed by atoms with Gasteiger partial charge in [0.1, 0.15) is 5.56 Å². The third kappa shape index (κ3) is 5.11. The van der Waals surface area contributed by atoms with E-state index in [2.05, 4.69) is 15.0 Å². The summed E-state index contributed by atoms with van der Waals surface area (Å²) in [6, 6.07) is 2.98. The van der Waals surface area contributed by atoms with E-state index in [-0.39, 0.29) is 18.7 Å². The average Bonchev–Trinajstić information content (AvgIpc) is 2.27. The van der Waals surface area contributed by atoms with Crippen molar-refractivity contribution in [2.75, 3.05) is 19.3 Å². The largest absolute Gasteiger partial charge is 0.352 e. The molecule has 18 heavy (non-hydrogen) atoms. The molecule has 0 bridgehead atoms. The van der Waals surface area contributed by atoms with Crippen LogP contribution in [0, 0.1) is 0 Å². The predicted octanol–water partition coefficient (Wildman–Crippen LogP) is -0.956. The molecule has 0 saturated heterocycles. The highest BCUT2D eigenvalue weighted by Gasteiger charge is 2.08. The van der Waals surface area contributed by atoms with Crippen LogP contribution < -0.4 is 15.6 Å². The number of aromatic nitrogens is 1. The molecule has 0 fully saturated rings. The van der Waals surface area contributed by atoms with Crippen LogP contribution in [0.2, 0.25) is 0 Å². The highest BCUT2D eigenvalue weighted by Crippen LogP contribution is 1.89. The normalized spacial score (nSPS) is 11.2. The number of hydrogen-bond acceptors (Lipinski definition) is 4. The van der Waals surface area contributed by atoms with Gasteiger partial charge in [-0.25, -0.2) is 13.1 Å². The van der Waals surface area contributed by atoms with Crippen LogP contribution in [0.3, 0.4) is 0 Å². The summed E-state index contributed by atoms with van der Waals surface area (Å²) in [5.74, 6) is -0.476. The standard InChI is InChI=1S/C10H15N3O4S/c1-18(16,17)13-7-3-6-12-10(15)8-4-2-5-11-9(8)14/h2,4-5,13H,3,6-7H2,1H3,(H,11,14)(H,12,15). The number of rotatable bonds is 6. The monoisotopic (exact) mass is 273 g/mol. The molecule has 1 aromatic heterocycles. The van der Waals surface area contributed by atoms with Crippen molar-refractivity contribution in [3.8, 4) is 0 Å². The van der Waals surface area contributed by atoms with Gasteiger partial charge in [-0.1, -0.05) is 0 Å². The fourth-order valence-corrected chi connectivity index (χ4v) is 1.76. The van der Waals surface area contributed by atoms with Crippen LogP contribution in [0.1, 0.15) is 16.8 Å². The lowest BCUT2D eigenvalue weighted by Crippen LogP contribution is -2.32. The SMILES string of the molecule is CS(=O)(=O)NCCCNC(=O)c1ccc[nH]c1=O. The van der Waals surface area contributed by atoms with Crippen molar-refractivity contribution < 1.29 is 13.2 Å². The van der Waals surface area contributed by atoms with Gasteiger partial charge in [0.05, 0.1) is 6.26 Å². The predicted molar refractivity (Wildman–Crippen MR) is 66.9 cm³/mol. The molecule has 7 nitrogen and oxygen atoms in total. The molecule has 1 amide bonds. The molecule has 0 aromatic carbocycles. The van der Waals surface area contributed by atoms with Gasteiger partial charge in [0.15, 0.2) is 0 Å². The van der Waals surface area contributed by atoms with E-state index in [1.54, 1.807) is 6.07 Å². The summed E-state index contributed by atoms with van der Waals surface area (Å²) in [5.41, 5.74) is -0.419. The van der Waals surface area contributed by atoms with Gasteiger partial charge in [0, 0.05) is 19.3 Å². The summed E-state index contributed by atoms with van der Waals surface area (Å²) in [4.78, 5) is 25.2. The second-order valence-electron chi connectivity index (χ2n) is 3.69. The van der Waals surface area contributed by atoms with Crippen LogP contribution in [-0.2, 0) is 10.0 Å². The van der Waals surface area contributed by atoms with E-state index in [0.29, 0.717) is 6.42 Å². The number of hydrogen-bond donors (Lipinski definition) is 3. The number of pyridine rings is 1. The number of nitrogens with one attached hydrogen (secondary N) is 3. The molecule has 0 aliphatic carbocycles. The van der Waals surface area contributed by atoms with Crippen LogP contribution in [0.4, 0.5) is 0 Å². The highest BCUT2D eigenvalue weighted by molar-refractivity contribution is 7.88. The maximum absolute atomic E-state index is 11.6. The Hall–Kier alpha value is -1.67. The van der Waals surface area contributed by atoms with Gasteiger partial charge in [-0.3, -0.25) is 9.59 Å². The average molecular weight is 273 g/mol. The van der Waals surface area contributed by atoms with Gasteiger partial charge in [-0.2, -0.15) is 0 Å². The van der Waals surface area contributed by atoms with Gasteiger partial charge < -0.3 is 10.3 Å². The van der Waals surface area contributed by atoms with E-state index in [1.807, 2.05) is 0 Å². The van der Waals surface area contributed by atoms with Gasteiger partial charge in [0.25, 0.3) is 11.5 Å². The van der Waals surface area contributed by atoms with Gasteiger partial charge in [-0.05, 0) is 18.6 Å². The minimum Gasteiger partial charge on any atom is -0.352 e. The molecule has 100 valence electrons. The van der Waals surface area contributed by atoms with E-state index in [4.69, 9.17) is 0 Å². The van der Waals surface area contributed by atoms with E-state index in [1.165, 1.54) is 12.3 Å². The molecule has 1 rings (SSSR count). The topological polar surface area (TPSA) is 108 Å². The maximum Gasteiger partial charge on any atom is 0.260 e. The third-order valence-electron chi connectivity index (χ3n) is 2.07. The molecule has 3 N–H and O–H groups in total. The number of carbonyl (C=O) groups is 1. The van der Waals surface area contributed by atoms with E-state index in [9.17, 15) is 18.0 Å². The molecule has 0 aliphatic rings. The lowest BCUT2D eigenvalue weighted by Gasteiger charge is -2.04. The van der Waals surface area contributed by atoms with Crippen molar-refractivity contribution in [2.24, 2.45) is 0 Å². The number of amides is 1. The Morgan fingerprint density at radius 2 is 2.11 bits per heavy atom. The van der Waals surface area contributed by atoms with Gasteiger partial charge >= 0.3 is 0 Å². The summed E-state index contributed by atoms with van der Waals surface area (Å²) >= 11 is 0. The Bertz CT molecular complexity index is 564. The quantitative estimate of drug-likeness (QED) is 0.580. The smallest absolute Gasteiger partial charge is 0.260 e. The Labute approximate surface area is 105 Å². The molecule has 0 aliphatic heterocycles. The number of H-pyrrole nitrogens is 1. The van der Waals surface area contributed by atoms with Crippen LogP contribution in [0.15, 0.2) is 23.1 Å². The zero-order chi connectivity index (χ0) is 13.6. The van der Waals surface area contributed by atoms with Crippen LogP contribution >= 0.6 is 0 Å². The summed E-state index contributed by atoms with van der Waals surface area (Å²) in [5, 5.41) is 2.53. The van der Waals surface area contributed by atoms with Crippen LogP contribution in [0.25, 0.3) is 0 Å². The fraction of sp³-hybridized carbons (Fsp3) is 0.400. The van der Waals surface area contributed by atoms with Crippen molar-refractivity contribution in [3.05, 3.63) is 34.2 Å². The first-order valence-corrected chi connectivity index (χ1v) is 7.20. The minimum atomic E-state index is -3.20. The number of carbonyl (C=O) groups excluding carboxylic acids is 1. The molecule has 8 heteroatoms. The van der Waals surface area contributed by atoms with Gasteiger partial charge in [0.2, 0.25) is 10.0 Å². The zero-order valence-corrected chi connectivity index (χ0v) is 10.7. The molecule has 1 heterocycles. The number of aromatic amines is 1. The third-order valence-corrected chi connectivity index (χ3v) is 2.79. The maximum atomic E-state index is 11.6. The molecule has 1 aromatic rings. The van der Waals surface area contributed by atoms with E-state index < -0.39 is 21.5 Å². The Kier molecular flexibility index (Phi) is 5.05. The van der Waals surface area contributed by atoms with Crippen molar-refractivity contribution in [2.45, 2.75) is 6.42 Å². The second-order valence-corrected chi connectivity index (χ2v) is 5.52. The summed E-state index contributed by atoms with van der Waals surface area (Å²) < 4.78 is 23.8. The van der Waals surface area contributed by atoms with Crippen LogP contribution in [-0.4, -0.2) is 38.7 Å². The van der Waals surface area contributed by atoms with Crippen molar-refractivity contribution in [1.82, 2.24) is 15.0 Å². The molecule has 0 spiro atoms. The lowest BCUT2D eigenvalue weighted by atomic mass is 10.2. The first-order chi connectivity index (χ1) is 8.40. The summed E-state index contributed by atoms with van der Waals surface area (Å²) in [6.45, 7) is 0.528. The molecule has 0 saturated carbocycles. The minimum absolute atomic E-state index is 0.0357. The van der Waals surface area contributed by atoms with E-state index >= 15 is 0 Å². The summed E-state index contributed by atoms with van der Waals surface area (Å²) in [7, 11) is -3.20. The lowest BCUT2D eigenvalue weighted by molar-refractivity contribution is 0.0952. The first kappa shape index (κ1) is 14.4. The Morgan fingerprint density at radius 1 is 1.39 bits per heavy atom. The van der Waals surface area contributed by atoms with E-state index in [0.717, 1.165) is 6.26 Å². The fourth-order valence-electron chi connectivity index (χ4n) is 1.24. The second kappa shape index (κ2) is 6.31. The molecule has 0 radical (unpaired) electrons. The highest BCUT2D eigenvalue weighted by atomic mass is 32.2. The Morgan fingerprint density at radius 3 is 2.72 bits per heavy atom. The van der Waals surface area contributed by atoms with Crippen LogP contribution in [0.5, 0.6) is 0 Å². The summed E-state index contributed by atoms with van der Waals surface area (Å²) in [6.07, 6.45) is 2.95. The van der Waals surface area contributed by atoms with Crippen molar-refractivity contribution >= 4 is 15.9 Å². The Balaban J connectivity index is 2.35. The van der Waals surface area contributed by atoms with Crippen molar-refractivity contribution in [3.63, 3.8) is 0 Å².